The molecular formula is C32H30NO+. The maximum Gasteiger partial charge on any atom is 0.228 e. The number of hydrogen-bond acceptors (Lipinski definition) is 1. The van der Waals surface area contributed by atoms with E-state index in [-0.39, 0.29) is 0 Å². The molecule has 168 valence electrons. The van der Waals surface area contributed by atoms with Crippen molar-refractivity contribution in [2.45, 2.75) is 40.5 Å². The van der Waals surface area contributed by atoms with Crippen LogP contribution >= 0.6 is 0 Å². The highest BCUT2D eigenvalue weighted by molar-refractivity contribution is 6.07. The van der Waals surface area contributed by atoms with Crippen molar-refractivity contribution in [3.63, 3.8) is 0 Å². The Morgan fingerprint density at radius 3 is 2.26 bits per heavy atom. The van der Waals surface area contributed by atoms with Crippen LogP contribution in [-0.4, -0.2) is 0 Å². The molecule has 0 amide bonds. The molecule has 0 saturated carbocycles. The molecule has 0 saturated heterocycles. The first kappa shape index (κ1) is 20.9. The molecule has 34 heavy (non-hydrogen) atoms. The zero-order chi connectivity index (χ0) is 23.7. The molecule has 1 aliphatic rings. The van der Waals surface area contributed by atoms with Gasteiger partial charge in [-0.05, 0) is 77.2 Å². The summed E-state index contributed by atoms with van der Waals surface area (Å²) >= 11 is 0. The van der Waals surface area contributed by atoms with Crippen LogP contribution in [-0.2, 0) is 7.05 Å². The van der Waals surface area contributed by atoms with E-state index in [2.05, 4.69) is 113 Å². The maximum absolute atomic E-state index is 6.77. The normalized spacial score (nSPS) is 12.3. The van der Waals surface area contributed by atoms with Gasteiger partial charge in [0, 0.05) is 11.6 Å². The van der Waals surface area contributed by atoms with Crippen LogP contribution in [0.15, 0.2) is 66.9 Å². The van der Waals surface area contributed by atoms with Gasteiger partial charge in [-0.2, -0.15) is 0 Å². The van der Waals surface area contributed by atoms with Crippen molar-refractivity contribution < 1.29 is 9.30 Å². The van der Waals surface area contributed by atoms with Crippen LogP contribution in [0.5, 0.6) is 11.5 Å². The van der Waals surface area contributed by atoms with E-state index in [1.165, 1.54) is 66.2 Å². The van der Waals surface area contributed by atoms with Crippen molar-refractivity contribution in [1.29, 1.82) is 0 Å². The lowest BCUT2D eigenvalue weighted by Gasteiger charge is -2.24. The molecular weight excluding hydrogens is 414 g/mol. The van der Waals surface area contributed by atoms with E-state index in [4.69, 9.17) is 4.74 Å². The predicted octanol–water partition coefficient (Wildman–Crippen LogP) is 8.31. The molecule has 0 spiro atoms. The number of fused-ring (bicyclic) bond motifs is 3. The van der Waals surface area contributed by atoms with Crippen molar-refractivity contribution in [3.05, 3.63) is 89.1 Å². The number of hydrogen-bond donors (Lipinski definition) is 0. The first-order valence-electron chi connectivity index (χ1n) is 12.1. The van der Waals surface area contributed by atoms with Gasteiger partial charge in [-0.3, -0.25) is 0 Å². The minimum absolute atomic E-state index is 0.527. The summed E-state index contributed by atoms with van der Waals surface area (Å²) < 4.78 is 9.01. The van der Waals surface area contributed by atoms with Crippen LogP contribution in [0, 0.1) is 20.8 Å². The molecule has 1 aliphatic heterocycles. The molecule has 0 fully saturated rings. The molecule has 4 aromatic carbocycles. The van der Waals surface area contributed by atoms with Gasteiger partial charge in [0.25, 0.3) is 0 Å². The van der Waals surface area contributed by atoms with E-state index in [0.717, 1.165) is 11.5 Å². The Balaban J connectivity index is 1.64. The lowest BCUT2D eigenvalue weighted by Crippen LogP contribution is -2.32. The molecule has 1 aromatic heterocycles. The molecule has 0 radical (unpaired) electrons. The second kappa shape index (κ2) is 7.43. The molecule has 0 atom stereocenters. The third kappa shape index (κ3) is 2.98. The fourth-order valence-corrected chi connectivity index (χ4v) is 5.51. The minimum atomic E-state index is 0.527. The van der Waals surface area contributed by atoms with Gasteiger partial charge in [-0.15, -0.1) is 0 Å². The average Bonchev–Trinajstić information content (AvgIpc) is 2.84. The van der Waals surface area contributed by atoms with Gasteiger partial charge in [-0.25, -0.2) is 4.57 Å². The van der Waals surface area contributed by atoms with Gasteiger partial charge >= 0.3 is 0 Å². The summed E-state index contributed by atoms with van der Waals surface area (Å²) in [5, 5.41) is 4.97. The van der Waals surface area contributed by atoms with Gasteiger partial charge < -0.3 is 4.74 Å². The highest BCUT2D eigenvalue weighted by Crippen LogP contribution is 2.51. The minimum Gasteiger partial charge on any atom is -0.455 e. The van der Waals surface area contributed by atoms with Crippen molar-refractivity contribution in [2.24, 2.45) is 7.05 Å². The van der Waals surface area contributed by atoms with Crippen LogP contribution in [0.4, 0.5) is 0 Å². The van der Waals surface area contributed by atoms with E-state index in [9.17, 15) is 0 Å². The molecule has 0 aliphatic carbocycles. The quantitative estimate of drug-likeness (QED) is 0.245. The molecule has 5 aromatic rings. The second-order valence-corrected chi connectivity index (χ2v) is 10.1. The van der Waals surface area contributed by atoms with Crippen LogP contribution in [0.25, 0.3) is 43.9 Å². The van der Waals surface area contributed by atoms with Gasteiger partial charge in [0.2, 0.25) is 5.69 Å². The SMILES string of the molecule is Cc1ccc2c(C)c3c(c(C)c2c1)-c1c2c(cc(-c4ccc(C(C)C)cc4)cc2cc[n+]1C)O3. The molecule has 2 heteroatoms. The Morgan fingerprint density at radius 1 is 0.765 bits per heavy atom. The number of ether oxygens (including phenoxy) is 1. The largest absolute Gasteiger partial charge is 0.455 e. The van der Waals surface area contributed by atoms with Crippen molar-refractivity contribution in [3.8, 4) is 33.9 Å². The van der Waals surface area contributed by atoms with Crippen molar-refractivity contribution in [2.75, 3.05) is 0 Å². The number of pyridine rings is 1. The summed E-state index contributed by atoms with van der Waals surface area (Å²) in [6.45, 7) is 11.1. The Morgan fingerprint density at radius 2 is 1.53 bits per heavy atom. The molecule has 6 rings (SSSR count). The molecule has 0 N–H and O–H groups in total. The fourth-order valence-electron chi connectivity index (χ4n) is 5.51. The topological polar surface area (TPSA) is 13.1 Å². The van der Waals surface area contributed by atoms with Gasteiger partial charge in [0.1, 0.15) is 18.5 Å². The summed E-state index contributed by atoms with van der Waals surface area (Å²) in [5.74, 6) is 2.45. The number of benzene rings is 4. The maximum atomic E-state index is 6.77. The monoisotopic (exact) mass is 444 g/mol. The van der Waals surface area contributed by atoms with Crippen molar-refractivity contribution >= 4 is 21.5 Å². The van der Waals surface area contributed by atoms with Gasteiger partial charge in [-0.1, -0.05) is 61.9 Å². The Bertz CT molecular complexity index is 1620. The summed E-state index contributed by atoms with van der Waals surface area (Å²) in [7, 11) is 2.14. The number of nitrogens with zero attached hydrogens (tertiary/aromatic N) is 1. The molecule has 2 nitrogen and oxygen atoms in total. The Hall–Kier alpha value is -3.65. The first-order valence-corrected chi connectivity index (χ1v) is 12.1. The fraction of sp³-hybridized carbons (Fsp3) is 0.219. The average molecular weight is 445 g/mol. The second-order valence-electron chi connectivity index (χ2n) is 10.1. The van der Waals surface area contributed by atoms with Gasteiger partial charge in [0.15, 0.2) is 6.20 Å². The third-order valence-corrected chi connectivity index (χ3v) is 7.49. The number of rotatable bonds is 2. The van der Waals surface area contributed by atoms with Crippen LogP contribution in [0.2, 0.25) is 0 Å². The molecule has 2 heterocycles. The van der Waals surface area contributed by atoms with E-state index in [0.29, 0.717) is 5.92 Å². The Labute approximate surface area is 201 Å². The van der Waals surface area contributed by atoms with Gasteiger partial charge in [0.05, 0.1) is 10.9 Å². The Kier molecular flexibility index (Phi) is 4.57. The van der Waals surface area contributed by atoms with Crippen LogP contribution < -0.4 is 9.30 Å². The summed E-state index contributed by atoms with van der Waals surface area (Å²) in [6.07, 6.45) is 2.18. The first-order chi connectivity index (χ1) is 16.3. The van der Waals surface area contributed by atoms with E-state index in [1.54, 1.807) is 0 Å². The number of aromatic nitrogens is 1. The highest BCUT2D eigenvalue weighted by atomic mass is 16.5. The summed E-state index contributed by atoms with van der Waals surface area (Å²) in [5.41, 5.74) is 9.97. The lowest BCUT2D eigenvalue weighted by molar-refractivity contribution is -0.659. The van der Waals surface area contributed by atoms with E-state index in [1.807, 2.05) is 0 Å². The lowest BCUT2D eigenvalue weighted by atomic mass is 9.88. The number of aryl methyl sites for hydroxylation is 4. The third-order valence-electron chi connectivity index (χ3n) is 7.49. The molecule has 0 bridgehead atoms. The smallest absolute Gasteiger partial charge is 0.228 e. The molecule has 0 unspecified atom stereocenters. The standard InChI is InChI=1S/C32H30NO/c1-18(2)22-8-10-23(11-9-22)25-16-24-13-14-33(6)31-29-20(4)27-15-19(3)7-12-26(27)21(5)32(29)34-28(17-25)30(24)31/h7-18H,1-6H3/q+1. The zero-order valence-electron chi connectivity index (χ0n) is 20.8. The summed E-state index contributed by atoms with van der Waals surface area (Å²) in [6, 6.07) is 22.4. The van der Waals surface area contributed by atoms with E-state index < -0.39 is 0 Å². The van der Waals surface area contributed by atoms with Crippen molar-refractivity contribution in [1.82, 2.24) is 0 Å². The van der Waals surface area contributed by atoms with Crippen LogP contribution in [0.3, 0.4) is 0 Å². The van der Waals surface area contributed by atoms with E-state index >= 15 is 0 Å². The highest BCUT2D eigenvalue weighted by Gasteiger charge is 2.32. The zero-order valence-corrected chi connectivity index (χ0v) is 20.8. The summed E-state index contributed by atoms with van der Waals surface area (Å²) in [4.78, 5) is 0. The predicted molar refractivity (Wildman–Crippen MR) is 142 cm³/mol. The van der Waals surface area contributed by atoms with Crippen LogP contribution in [0.1, 0.15) is 42.0 Å².